The third-order valence-electron chi connectivity index (χ3n) is 2.32. The Morgan fingerprint density at radius 1 is 0.750 bits per heavy atom. The third kappa shape index (κ3) is 1.13. The molecule has 16 heavy (non-hydrogen) atoms. The molecule has 3 rings (SSSR count). The highest BCUT2D eigenvalue weighted by Crippen LogP contribution is 2.21. The number of anilines is 2. The van der Waals surface area contributed by atoms with E-state index in [1.54, 1.807) is 0 Å². The van der Waals surface area contributed by atoms with Gasteiger partial charge in [0.2, 0.25) is 0 Å². The Balaban J connectivity index is 2.56. The van der Waals surface area contributed by atoms with Gasteiger partial charge in [-0.3, -0.25) is 0 Å². The van der Waals surface area contributed by atoms with E-state index in [9.17, 15) is 0 Å². The zero-order valence-electron chi connectivity index (χ0n) is 8.25. The molecule has 0 aliphatic carbocycles. The van der Waals surface area contributed by atoms with Crippen molar-refractivity contribution in [3.8, 4) is 0 Å². The Morgan fingerprint density at radius 3 is 1.62 bits per heavy atom. The normalized spacial score (nSPS) is 11.0. The Morgan fingerprint density at radius 2 is 1.19 bits per heavy atom. The van der Waals surface area contributed by atoms with Crippen molar-refractivity contribution < 1.29 is 0 Å². The quantitative estimate of drug-likeness (QED) is 0.532. The van der Waals surface area contributed by atoms with E-state index in [1.165, 1.54) is 0 Å². The SMILES string of the molecule is Nc1nnc(N)c2nc3ccccc3nc12. The molecule has 6 nitrogen and oxygen atoms in total. The van der Waals surface area contributed by atoms with Crippen molar-refractivity contribution in [2.75, 3.05) is 11.5 Å². The number of hydrogen-bond acceptors (Lipinski definition) is 6. The van der Waals surface area contributed by atoms with Gasteiger partial charge in [-0.05, 0) is 12.1 Å². The molecular formula is C10H8N6. The molecule has 2 heterocycles. The van der Waals surface area contributed by atoms with Crippen LogP contribution in [0.15, 0.2) is 24.3 Å². The summed E-state index contributed by atoms with van der Waals surface area (Å²) in [6.45, 7) is 0. The first-order valence-electron chi connectivity index (χ1n) is 4.70. The first-order valence-corrected chi connectivity index (χ1v) is 4.70. The molecule has 1 aromatic carbocycles. The number of nitrogens with zero attached hydrogens (tertiary/aromatic N) is 4. The molecular weight excluding hydrogens is 204 g/mol. The van der Waals surface area contributed by atoms with Crippen LogP contribution in [0.2, 0.25) is 0 Å². The van der Waals surface area contributed by atoms with Crippen LogP contribution in [0, 0.1) is 0 Å². The molecule has 0 saturated carbocycles. The van der Waals surface area contributed by atoms with E-state index in [2.05, 4.69) is 20.2 Å². The second-order valence-electron chi connectivity index (χ2n) is 3.38. The smallest absolute Gasteiger partial charge is 0.174 e. The monoisotopic (exact) mass is 212 g/mol. The number of para-hydroxylation sites is 2. The molecule has 0 spiro atoms. The lowest BCUT2D eigenvalue weighted by molar-refractivity contribution is 1.06. The van der Waals surface area contributed by atoms with Crippen molar-refractivity contribution in [1.29, 1.82) is 0 Å². The molecule has 4 N–H and O–H groups in total. The standard InChI is InChI=1S/C10H8N6/c11-9-7-8(10(12)16-15-9)14-6-4-2-1-3-5(6)13-7/h1-4H,(H2,11,15)(H2,12,16). The van der Waals surface area contributed by atoms with Crippen LogP contribution in [0.4, 0.5) is 11.6 Å². The first-order chi connectivity index (χ1) is 7.75. The highest BCUT2D eigenvalue weighted by Gasteiger charge is 2.09. The van der Waals surface area contributed by atoms with Crippen LogP contribution in [-0.4, -0.2) is 20.2 Å². The second kappa shape index (κ2) is 2.99. The van der Waals surface area contributed by atoms with Gasteiger partial charge < -0.3 is 11.5 Å². The highest BCUT2D eigenvalue weighted by atomic mass is 15.2. The molecule has 78 valence electrons. The lowest BCUT2D eigenvalue weighted by Crippen LogP contribution is -2.03. The van der Waals surface area contributed by atoms with Crippen molar-refractivity contribution in [2.24, 2.45) is 0 Å². The van der Waals surface area contributed by atoms with Crippen LogP contribution in [-0.2, 0) is 0 Å². The van der Waals surface area contributed by atoms with Crippen LogP contribution >= 0.6 is 0 Å². The summed E-state index contributed by atoms with van der Waals surface area (Å²) in [6, 6.07) is 7.49. The zero-order chi connectivity index (χ0) is 11.1. The minimum atomic E-state index is 0.238. The van der Waals surface area contributed by atoms with Gasteiger partial charge in [-0.2, -0.15) is 0 Å². The average molecular weight is 212 g/mol. The Labute approximate surface area is 90.3 Å². The van der Waals surface area contributed by atoms with Crippen molar-refractivity contribution in [1.82, 2.24) is 20.2 Å². The van der Waals surface area contributed by atoms with Gasteiger partial charge in [-0.1, -0.05) is 12.1 Å². The Hall–Kier alpha value is -2.50. The van der Waals surface area contributed by atoms with Crippen molar-refractivity contribution >= 4 is 33.7 Å². The Kier molecular flexibility index (Phi) is 1.64. The molecule has 2 aromatic heterocycles. The van der Waals surface area contributed by atoms with Crippen molar-refractivity contribution in [2.45, 2.75) is 0 Å². The fourth-order valence-corrected chi connectivity index (χ4v) is 1.56. The summed E-state index contributed by atoms with van der Waals surface area (Å²) in [5, 5.41) is 7.43. The second-order valence-corrected chi connectivity index (χ2v) is 3.38. The summed E-state index contributed by atoms with van der Waals surface area (Å²) < 4.78 is 0. The molecule has 0 saturated heterocycles. The first kappa shape index (κ1) is 8.78. The lowest BCUT2D eigenvalue weighted by atomic mass is 10.3. The van der Waals surface area contributed by atoms with Crippen molar-refractivity contribution in [3.63, 3.8) is 0 Å². The molecule has 6 heteroatoms. The maximum absolute atomic E-state index is 5.68. The van der Waals surface area contributed by atoms with Gasteiger partial charge in [0, 0.05) is 0 Å². The lowest BCUT2D eigenvalue weighted by Gasteiger charge is -2.03. The van der Waals surface area contributed by atoms with E-state index in [0.29, 0.717) is 11.0 Å². The minimum absolute atomic E-state index is 0.238. The predicted molar refractivity (Wildman–Crippen MR) is 61.5 cm³/mol. The van der Waals surface area contributed by atoms with E-state index in [4.69, 9.17) is 11.5 Å². The summed E-state index contributed by atoms with van der Waals surface area (Å²) in [7, 11) is 0. The third-order valence-corrected chi connectivity index (χ3v) is 2.32. The van der Waals surface area contributed by atoms with Crippen LogP contribution in [0.3, 0.4) is 0 Å². The average Bonchev–Trinajstić information content (AvgIpc) is 2.32. The van der Waals surface area contributed by atoms with Crippen molar-refractivity contribution in [3.05, 3.63) is 24.3 Å². The molecule has 0 aliphatic heterocycles. The fraction of sp³-hybridized carbons (Fsp3) is 0. The van der Waals surface area contributed by atoms with Gasteiger partial charge >= 0.3 is 0 Å². The highest BCUT2D eigenvalue weighted by molar-refractivity contribution is 5.95. The summed E-state index contributed by atoms with van der Waals surface area (Å²) in [6.07, 6.45) is 0. The number of hydrogen-bond donors (Lipinski definition) is 2. The molecule has 0 amide bonds. The minimum Gasteiger partial charge on any atom is -0.380 e. The number of fused-ring (bicyclic) bond motifs is 2. The maximum atomic E-state index is 5.68. The number of nitrogens with two attached hydrogens (primary N) is 2. The summed E-state index contributed by atoms with van der Waals surface area (Å²) >= 11 is 0. The van der Waals surface area contributed by atoms with Gasteiger partial charge in [-0.15, -0.1) is 10.2 Å². The molecule has 0 atom stereocenters. The van der Waals surface area contributed by atoms with E-state index in [1.807, 2.05) is 24.3 Å². The number of aromatic nitrogens is 4. The Bertz CT molecular complexity index is 633. The van der Waals surface area contributed by atoms with Crippen LogP contribution in [0.25, 0.3) is 22.1 Å². The molecule has 0 radical (unpaired) electrons. The maximum Gasteiger partial charge on any atom is 0.174 e. The summed E-state index contributed by atoms with van der Waals surface area (Å²) in [5.74, 6) is 0.477. The van der Waals surface area contributed by atoms with Gasteiger partial charge in [0.25, 0.3) is 0 Å². The van der Waals surface area contributed by atoms with Gasteiger partial charge in [0.15, 0.2) is 11.6 Å². The largest absolute Gasteiger partial charge is 0.380 e. The number of nitrogen functional groups attached to an aromatic ring is 2. The molecule has 0 fully saturated rings. The number of rotatable bonds is 0. The van der Waals surface area contributed by atoms with Gasteiger partial charge in [-0.25, -0.2) is 9.97 Å². The van der Waals surface area contributed by atoms with Crippen LogP contribution < -0.4 is 11.5 Å². The van der Waals surface area contributed by atoms with Gasteiger partial charge in [0.05, 0.1) is 11.0 Å². The van der Waals surface area contributed by atoms with Crippen LogP contribution in [0.5, 0.6) is 0 Å². The molecule has 0 unspecified atom stereocenters. The molecule has 0 aliphatic rings. The van der Waals surface area contributed by atoms with Gasteiger partial charge in [0.1, 0.15) is 11.0 Å². The fourth-order valence-electron chi connectivity index (χ4n) is 1.56. The van der Waals surface area contributed by atoms with E-state index in [0.717, 1.165) is 11.0 Å². The topological polar surface area (TPSA) is 104 Å². The van der Waals surface area contributed by atoms with E-state index >= 15 is 0 Å². The number of benzene rings is 1. The molecule has 0 bridgehead atoms. The van der Waals surface area contributed by atoms with Crippen LogP contribution in [0.1, 0.15) is 0 Å². The summed E-state index contributed by atoms with van der Waals surface area (Å²) in [4.78, 5) is 8.74. The predicted octanol–water partition coefficient (Wildman–Crippen LogP) is 0.737. The summed E-state index contributed by atoms with van der Waals surface area (Å²) in [5.41, 5.74) is 13.9. The molecule has 3 aromatic rings. The van der Waals surface area contributed by atoms with E-state index < -0.39 is 0 Å². The van der Waals surface area contributed by atoms with E-state index in [-0.39, 0.29) is 11.6 Å². The zero-order valence-corrected chi connectivity index (χ0v) is 8.25.